The number of benzene rings is 2. The Morgan fingerprint density at radius 3 is 2.08 bits per heavy atom. The van der Waals surface area contributed by atoms with Gasteiger partial charge in [-0.25, -0.2) is 4.39 Å². The van der Waals surface area contributed by atoms with Crippen LogP contribution in [0.15, 0.2) is 42.5 Å². The molecular formula is C21H25FN2O2. The fourth-order valence-electron chi connectivity index (χ4n) is 2.91. The first-order valence-corrected chi connectivity index (χ1v) is 8.86. The zero-order valence-corrected chi connectivity index (χ0v) is 15.5. The SMILES string of the molecule is CCc1cccc(CC)c1N(CC(=O)NCc1ccc(F)cc1)C(C)=O. The zero-order valence-electron chi connectivity index (χ0n) is 15.5. The number of nitrogens with one attached hydrogen (secondary N) is 1. The van der Waals surface area contributed by atoms with Crippen LogP contribution >= 0.6 is 0 Å². The molecule has 0 aliphatic carbocycles. The second-order valence-electron chi connectivity index (χ2n) is 6.14. The number of anilines is 1. The Labute approximate surface area is 154 Å². The van der Waals surface area contributed by atoms with E-state index in [9.17, 15) is 14.0 Å². The molecule has 0 bridgehead atoms. The summed E-state index contributed by atoms with van der Waals surface area (Å²) in [6, 6.07) is 11.9. The maximum Gasteiger partial charge on any atom is 0.240 e. The van der Waals surface area contributed by atoms with E-state index in [1.807, 2.05) is 32.0 Å². The number of rotatable bonds is 7. The maximum absolute atomic E-state index is 12.9. The minimum absolute atomic E-state index is 0.0411. The summed E-state index contributed by atoms with van der Waals surface area (Å²) in [5.74, 6) is -0.735. The molecule has 0 radical (unpaired) electrons. The van der Waals surface area contributed by atoms with Gasteiger partial charge in [-0.2, -0.15) is 0 Å². The lowest BCUT2D eigenvalue weighted by molar-refractivity contribution is -0.123. The molecule has 0 aliphatic rings. The van der Waals surface area contributed by atoms with Crippen LogP contribution in [0.3, 0.4) is 0 Å². The molecule has 0 aliphatic heterocycles. The number of amides is 2. The van der Waals surface area contributed by atoms with Gasteiger partial charge < -0.3 is 10.2 Å². The molecule has 5 heteroatoms. The van der Waals surface area contributed by atoms with Crippen LogP contribution in [0.4, 0.5) is 10.1 Å². The third-order valence-electron chi connectivity index (χ3n) is 4.32. The highest BCUT2D eigenvalue weighted by Crippen LogP contribution is 2.27. The van der Waals surface area contributed by atoms with Gasteiger partial charge in [-0.3, -0.25) is 9.59 Å². The van der Waals surface area contributed by atoms with Crippen molar-refractivity contribution in [2.45, 2.75) is 40.2 Å². The van der Waals surface area contributed by atoms with E-state index in [2.05, 4.69) is 5.32 Å². The monoisotopic (exact) mass is 356 g/mol. The summed E-state index contributed by atoms with van der Waals surface area (Å²) in [5, 5.41) is 2.79. The summed E-state index contributed by atoms with van der Waals surface area (Å²) in [6.45, 7) is 5.79. The van der Waals surface area contributed by atoms with Crippen LogP contribution in [0, 0.1) is 5.82 Å². The number of para-hydroxylation sites is 1. The topological polar surface area (TPSA) is 49.4 Å². The number of carbonyl (C=O) groups excluding carboxylic acids is 2. The molecule has 2 amide bonds. The Kier molecular flexibility index (Phi) is 6.89. The molecular weight excluding hydrogens is 331 g/mol. The van der Waals surface area contributed by atoms with Gasteiger partial charge in [0.1, 0.15) is 12.4 Å². The van der Waals surface area contributed by atoms with Crippen molar-refractivity contribution < 1.29 is 14.0 Å². The number of carbonyl (C=O) groups is 2. The van der Waals surface area contributed by atoms with Gasteiger partial charge in [0.2, 0.25) is 11.8 Å². The van der Waals surface area contributed by atoms with Crippen LogP contribution in [0.2, 0.25) is 0 Å². The highest BCUT2D eigenvalue weighted by molar-refractivity contribution is 5.98. The van der Waals surface area contributed by atoms with Gasteiger partial charge in [-0.05, 0) is 41.7 Å². The lowest BCUT2D eigenvalue weighted by Crippen LogP contribution is -2.40. The Morgan fingerprint density at radius 2 is 1.58 bits per heavy atom. The van der Waals surface area contributed by atoms with Gasteiger partial charge in [0.05, 0.1) is 5.69 Å². The van der Waals surface area contributed by atoms with Crippen LogP contribution in [0.5, 0.6) is 0 Å². The first kappa shape index (κ1) is 19.6. The summed E-state index contributed by atoms with van der Waals surface area (Å²) in [4.78, 5) is 26.2. The summed E-state index contributed by atoms with van der Waals surface area (Å²) >= 11 is 0. The van der Waals surface area contributed by atoms with Crippen LogP contribution in [0.1, 0.15) is 37.5 Å². The lowest BCUT2D eigenvalue weighted by atomic mass is 10.0. The molecule has 26 heavy (non-hydrogen) atoms. The van der Waals surface area contributed by atoms with E-state index in [1.165, 1.54) is 24.0 Å². The van der Waals surface area contributed by atoms with Crippen LogP contribution in [-0.4, -0.2) is 18.4 Å². The molecule has 0 saturated heterocycles. The van der Waals surface area contributed by atoms with Gasteiger partial charge in [0.25, 0.3) is 0 Å². The Morgan fingerprint density at radius 1 is 1.00 bits per heavy atom. The molecule has 0 unspecified atom stereocenters. The molecule has 4 nitrogen and oxygen atoms in total. The minimum Gasteiger partial charge on any atom is -0.350 e. The summed E-state index contributed by atoms with van der Waals surface area (Å²) in [6.07, 6.45) is 1.56. The zero-order chi connectivity index (χ0) is 19.1. The lowest BCUT2D eigenvalue weighted by Gasteiger charge is -2.26. The van der Waals surface area contributed by atoms with Crippen molar-refractivity contribution in [3.05, 3.63) is 65.0 Å². The van der Waals surface area contributed by atoms with Crippen LogP contribution in [-0.2, 0) is 29.0 Å². The third kappa shape index (κ3) is 4.91. The van der Waals surface area contributed by atoms with Crippen molar-refractivity contribution in [1.82, 2.24) is 5.32 Å². The quantitative estimate of drug-likeness (QED) is 0.824. The average molecular weight is 356 g/mol. The summed E-state index contributed by atoms with van der Waals surface area (Å²) in [7, 11) is 0. The van der Waals surface area contributed by atoms with E-state index in [0.29, 0.717) is 6.54 Å². The Hall–Kier alpha value is -2.69. The van der Waals surface area contributed by atoms with Gasteiger partial charge in [0.15, 0.2) is 0 Å². The number of aryl methyl sites for hydroxylation is 2. The highest BCUT2D eigenvalue weighted by atomic mass is 19.1. The van der Waals surface area contributed by atoms with Crippen LogP contribution in [0.25, 0.3) is 0 Å². The van der Waals surface area contributed by atoms with E-state index < -0.39 is 0 Å². The largest absolute Gasteiger partial charge is 0.350 e. The van der Waals surface area contributed by atoms with Crippen molar-refractivity contribution in [3.8, 4) is 0 Å². The first-order chi connectivity index (χ1) is 12.5. The molecule has 2 aromatic rings. The molecule has 2 aromatic carbocycles. The molecule has 1 N–H and O–H groups in total. The molecule has 0 atom stereocenters. The summed E-state index contributed by atoms with van der Waals surface area (Å²) in [5.41, 5.74) is 3.73. The summed E-state index contributed by atoms with van der Waals surface area (Å²) < 4.78 is 12.9. The van der Waals surface area contributed by atoms with E-state index >= 15 is 0 Å². The van der Waals surface area contributed by atoms with Crippen molar-refractivity contribution >= 4 is 17.5 Å². The molecule has 0 aromatic heterocycles. The van der Waals surface area contributed by atoms with E-state index in [0.717, 1.165) is 35.2 Å². The molecule has 0 heterocycles. The predicted molar refractivity (Wildman–Crippen MR) is 101 cm³/mol. The first-order valence-electron chi connectivity index (χ1n) is 8.86. The number of hydrogen-bond acceptors (Lipinski definition) is 2. The fraction of sp³-hybridized carbons (Fsp3) is 0.333. The Bertz CT molecular complexity index is 750. The van der Waals surface area contributed by atoms with Gasteiger partial charge in [-0.15, -0.1) is 0 Å². The Balaban J connectivity index is 2.14. The molecule has 0 spiro atoms. The van der Waals surface area contributed by atoms with E-state index in [4.69, 9.17) is 0 Å². The number of nitrogens with zero attached hydrogens (tertiary/aromatic N) is 1. The number of halogens is 1. The predicted octanol–water partition coefficient (Wildman–Crippen LogP) is 3.62. The average Bonchev–Trinajstić information content (AvgIpc) is 2.64. The van der Waals surface area contributed by atoms with Crippen LogP contribution < -0.4 is 10.2 Å². The van der Waals surface area contributed by atoms with Gasteiger partial charge >= 0.3 is 0 Å². The third-order valence-corrected chi connectivity index (χ3v) is 4.32. The maximum atomic E-state index is 12.9. The standard InChI is InChI=1S/C21H25FN2O2/c1-4-17-7-6-8-18(5-2)21(17)24(15(3)25)14-20(26)23-13-16-9-11-19(22)12-10-16/h6-12H,4-5,13-14H2,1-3H3,(H,23,26). The number of hydrogen-bond donors (Lipinski definition) is 1. The second-order valence-corrected chi connectivity index (χ2v) is 6.14. The van der Waals surface area contributed by atoms with Crippen molar-refractivity contribution in [2.75, 3.05) is 11.4 Å². The van der Waals surface area contributed by atoms with Gasteiger partial charge in [-0.1, -0.05) is 44.2 Å². The fourth-order valence-corrected chi connectivity index (χ4v) is 2.91. The normalized spacial score (nSPS) is 10.5. The molecule has 0 saturated carbocycles. The van der Waals surface area contributed by atoms with Crippen molar-refractivity contribution in [1.29, 1.82) is 0 Å². The van der Waals surface area contributed by atoms with E-state index in [1.54, 1.807) is 12.1 Å². The molecule has 0 fully saturated rings. The highest BCUT2D eigenvalue weighted by Gasteiger charge is 2.20. The minimum atomic E-state index is -0.314. The smallest absolute Gasteiger partial charge is 0.240 e. The van der Waals surface area contributed by atoms with Gasteiger partial charge in [0, 0.05) is 13.5 Å². The van der Waals surface area contributed by atoms with Crippen molar-refractivity contribution in [2.24, 2.45) is 0 Å². The van der Waals surface area contributed by atoms with E-state index in [-0.39, 0.29) is 24.2 Å². The molecule has 2 rings (SSSR count). The second kappa shape index (κ2) is 9.13. The van der Waals surface area contributed by atoms with Crippen molar-refractivity contribution in [3.63, 3.8) is 0 Å². The molecule has 138 valence electrons.